The summed E-state index contributed by atoms with van der Waals surface area (Å²) in [7, 11) is 0. The van der Waals surface area contributed by atoms with Gasteiger partial charge in [0.1, 0.15) is 11.5 Å². The van der Waals surface area contributed by atoms with E-state index in [4.69, 9.17) is 4.74 Å². The van der Waals surface area contributed by atoms with Crippen LogP contribution in [0.15, 0.2) is 121 Å². The number of hydrogen-bond acceptors (Lipinski definition) is 1. The summed E-state index contributed by atoms with van der Waals surface area (Å²) in [6, 6.07) is 40.9. The Morgan fingerprint density at radius 3 is 2.31 bits per heavy atom. The molecule has 3 nitrogen and oxygen atoms in total. The second kappa shape index (κ2) is 9.67. The van der Waals surface area contributed by atoms with E-state index in [1.54, 1.807) is 0 Å². The molecular weight excluding hydrogens is 512 g/mol. The van der Waals surface area contributed by atoms with Crippen molar-refractivity contribution in [3.63, 3.8) is 0 Å². The summed E-state index contributed by atoms with van der Waals surface area (Å²) in [5.41, 5.74) is 10.2. The zero-order valence-electron chi connectivity index (χ0n) is 23.6. The molecule has 0 saturated carbocycles. The van der Waals surface area contributed by atoms with Crippen LogP contribution in [0.25, 0.3) is 67.4 Å². The fourth-order valence-corrected chi connectivity index (χ4v) is 6.37. The molecule has 8 rings (SSSR count). The molecule has 0 bridgehead atoms. The highest BCUT2D eigenvalue weighted by Gasteiger charge is 2.23. The van der Waals surface area contributed by atoms with E-state index in [2.05, 4.69) is 157 Å². The Balaban J connectivity index is 1.39. The van der Waals surface area contributed by atoms with Gasteiger partial charge in [-0.15, -0.1) is 0 Å². The van der Waals surface area contributed by atoms with E-state index >= 15 is 0 Å². The summed E-state index contributed by atoms with van der Waals surface area (Å²) in [5, 5.41) is 3.56. The zero-order chi connectivity index (χ0) is 28.2. The second-order valence-electron chi connectivity index (χ2n) is 11.3. The lowest BCUT2D eigenvalue weighted by Gasteiger charge is -2.18. The van der Waals surface area contributed by atoms with Crippen molar-refractivity contribution in [3.05, 3.63) is 138 Å². The topological polar surface area (TPSA) is 29.9 Å². The first-order valence-corrected chi connectivity index (χ1v) is 14.6. The van der Waals surface area contributed by atoms with Gasteiger partial charge >= 0.3 is 0 Å². The number of ether oxygens (including phenoxy) is 1. The molecule has 0 spiro atoms. The molecule has 0 fully saturated rings. The van der Waals surface area contributed by atoms with Gasteiger partial charge in [-0.05, 0) is 71.7 Å². The van der Waals surface area contributed by atoms with Gasteiger partial charge in [-0.1, -0.05) is 92.7 Å². The number of aromatic amines is 1. The third-order valence-corrected chi connectivity index (χ3v) is 8.15. The Morgan fingerprint density at radius 2 is 1.45 bits per heavy atom. The molecule has 42 heavy (non-hydrogen) atoms. The predicted molar refractivity (Wildman–Crippen MR) is 177 cm³/mol. The molecule has 0 aliphatic carbocycles. The van der Waals surface area contributed by atoms with E-state index in [-0.39, 0.29) is 0 Å². The Bertz CT molecular complexity index is 2190. The van der Waals surface area contributed by atoms with E-state index in [9.17, 15) is 0 Å². The maximum atomic E-state index is 6.87. The van der Waals surface area contributed by atoms with Gasteiger partial charge in [0.05, 0.1) is 16.7 Å². The van der Waals surface area contributed by atoms with Crippen LogP contribution in [0.4, 0.5) is 0 Å². The van der Waals surface area contributed by atoms with E-state index in [1.165, 1.54) is 32.8 Å². The molecular formula is C39H30N2O. The van der Waals surface area contributed by atoms with Crippen LogP contribution in [0.3, 0.4) is 0 Å². The monoisotopic (exact) mass is 542 g/mol. The molecule has 0 atom stereocenters. The fraction of sp³-hybridized carbons (Fsp3) is 0.0769. The molecule has 0 saturated heterocycles. The van der Waals surface area contributed by atoms with Gasteiger partial charge in [-0.3, -0.25) is 0 Å². The van der Waals surface area contributed by atoms with Gasteiger partial charge in [0, 0.05) is 38.5 Å². The van der Waals surface area contributed by atoms with Crippen molar-refractivity contribution in [1.29, 1.82) is 0 Å². The highest BCUT2D eigenvalue weighted by Crippen LogP contribution is 2.43. The zero-order valence-corrected chi connectivity index (χ0v) is 23.6. The van der Waals surface area contributed by atoms with Crippen LogP contribution in [-0.4, -0.2) is 9.55 Å². The summed E-state index contributed by atoms with van der Waals surface area (Å²) < 4.78 is 9.25. The first kappa shape index (κ1) is 24.5. The number of benzene rings is 5. The Hall–Kier alpha value is -5.28. The van der Waals surface area contributed by atoms with Crippen LogP contribution in [0.5, 0.6) is 5.75 Å². The fourth-order valence-electron chi connectivity index (χ4n) is 6.37. The largest absolute Gasteiger partial charge is 0.456 e. The Labute approximate surface area is 245 Å². The predicted octanol–water partition coefficient (Wildman–Crippen LogP) is 10.5. The molecule has 7 aromatic rings. The average molecular weight is 543 g/mol. The minimum absolute atomic E-state index is 0.330. The second-order valence-corrected chi connectivity index (χ2v) is 11.3. The first-order valence-electron chi connectivity index (χ1n) is 14.6. The highest BCUT2D eigenvalue weighted by molar-refractivity contribution is 6.15. The maximum absolute atomic E-state index is 6.87. The molecule has 3 heterocycles. The smallest absolute Gasteiger partial charge is 0.135 e. The van der Waals surface area contributed by atoms with Crippen molar-refractivity contribution in [1.82, 2.24) is 9.55 Å². The normalized spacial score (nSPS) is 14.6. The standard InChI is InChI=1S/C39H30N2O/c1-25(2)23-37-39-29-15-6-8-17-32(29)40-33(39)20-19-31-36(42-37)22-21-35-38(31)30-16-7-9-18-34(30)41(35)28-14-10-13-27(24-28)26-11-4-3-5-12-26/h3-25,40H,1-2H3/b20-19-,37-23-. The number of rotatable bonds is 3. The van der Waals surface area contributed by atoms with Gasteiger partial charge in [-0.2, -0.15) is 0 Å². The molecule has 0 radical (unpaired) electrons. The molecule has 5 aromatic carbocycles. The third-order valence-electron chi connectivity index (χ3n) is 8.15. The van der Waals surface area contributed by atoms with Crippen LogP contribution >= 0.6 is 0 Å². The maximum Gasteiger partial charge on any atom is 0.135 e. The molecule has 2 aromatic heterocycles. The highest BCUT2D eigenvalue weighted by atomic mass is 16.5. The minimum atomic E-state index is 0.330. The molecule has 0 unspecified atom stereocenters. The lowest BCUT2D eigenvalue weighted by Crippen LogP contribution is -2.02. The van der Waals surface area contributed by atoms with Crippen LogP contribution < -0.4 is 4.74 Å². The number of nitrogens with one attached hydrogen (secondary N) is 1. The van der Waals surface area contributed by atoms with Gasteiger partial charge < -0.3 is 14.3 Å². The van der Waals surface area contributed by atoms with E-state index < -0.39 is 0 Å². The van der Waals surface area contributed by atoms with Crippen LogP contribution in [-0.2, 0) is 0 Å². The first-order chi connectivity index (χ1) is 20.7. The van der Waals surface area contributed by atoms with Crippen molar-refractivity contribution in [3.8, 4) is 22.6 Å². The minimum Gasteiger partial charge on any atom is -0.456 e. The lowest BCUT2D eigenvalue weighted by atomic mass is 10.0. The molecule has 3 heteroatoms. The number of aromatic nitrogens is 2. The molecule has 1 aliphatic rings. The van der Waals surface area contributed by atoms with E-state index in [0.717, 1.165) is 45.1 Å². The summed E-state index contributed by atoms with van der Waals surface area (Å²) in [4.78, 5) is 3.64. The number of hydrogen-bond donors (Lipinski definition) is 1. The number of fused-ring (bicyclic) bond motifs is 8. The van der Waals surface area contributed by atoms with Crippen molar-refractivity contribution >= 4 is 50.6 Å². The van der Waals surface area contributed by atoms with Gasteiger partial charge in [-0.25, -0.2) is 0 Å². The van der Waals surface area contributed by atoms with Crippen LogP contribution in [0.1, 0.15) is 30.7 Å². The average Bonchev–Trinajstić information content (AvgIpc) is 3.55. The summed E-state index contributed by atoms with van der Waals surface area (Å²) >= 11 is 0. The van der Waals surface area contributed by atoms with Crippen molar-refractivity contribution in [2.75, 3.05) is 0 Å². The number of allylic oxidation sites excluding steroid dienone is 1. The van der Waals surface area contributed by atoms with Crippen LogP contribution in [0.2, 0.25) is 0 Å². The number of nitrogens with zero attached hydrogens (tertiary/aromatic N) is 1. The van der Waals surface area contributed by atoms with E-state index in [0.29, 0.717) is 5.92 Å². The molecule has 202 valence electrons. The van der Waals surface area contributed by atoms with Gasteiger partial charge in [0.25, 0.3) is 0 Å². The van der Waals surface area contributed by atoms with Crippen molar-refractivity contribution in [2.24, 2.45) is 5.92 Å². The lowest BCUT2D eigenvalue weighted by molar-refractivity contribution is 0.509. The molecule has 1 aliphatic heterocycles. The SMILES string of the molecule is CC(C)/C=C1\Oc2ccc3c(c2/C=C\c2[nH]c4ccccc4c21)c1ccccc1n3-c1cccc(-c2ccccc2)c1. The van der Waals surface area contributed by atoms with Gasteiger partial charge in [0.15, 0.2) is 0 Å². The third kappa shape index (κ3) is 3.89. The van der Waals surface area contributed by atoms with Gasteiger partial charge in [0.2, 0.25) is 0 Å². The van der Waals surface area contributed by atoms with Crippen LogP contribution in [0, 0.1) is 5.92 Å². The summed E-state index contributed by atoms with van der Waals surface area (Å²) in [5.74, 6) is 2.08. The Kier molecular flexibility index (Phi) is 5.65. The molecule has 1 N–H and O–H groups in total. The van der Waals surface area contributed by atoms with E-state index in [1.807, 2.05) is 0 Å². The van der Waals surface area contributed by atoms with Crippen molar-refractivity contribution in [2.45, 2.75) is 13.8 Å². The Morgan fingerprint density at radius 1 is 0.690 bits per heavy atom. The number of H-pyrrole nitrogens is 1. The number of para-hydroxylation sites is 2. The quantitative estimate of drug-likeness (QED) is 0.236. The van der Waals surface area contributed by atoms with Crippen molar-refractivity contribution < 1.29 is 4.74 Å². The summed E-state index contributed by atoms with van der Waals surface area (Å²) in [6.07, 6.45) is 6.66. The summed E-state index contributed by atoms with van der Waals surface area (Å²) in [6.45, 7) is 4.39. The molecule has 0 amide bonds.